The molecule has 0 spiro atoms. The van der Waals surface area contributed by atoms with Gasteiger partial charge in [0, 0.05) is 37.1 Å². The lowest BCUT2D eigenvalue weighted by atomic mass is 10.2. The summed E-state index contributed by atoms with van der Waals surface area (Å²) >= 11 is 1.87. The van der Waals surface area contributed by atoms with Crippen LogP contribution in [-0.4, -0.2) is 53.7 Å². The highest BCUT2D eigenvalue weighted by Gasteiger charge is 2.22. The van der Waals surface area contributed by atoms with Gasteiger partial charge in [-0.3, -0.25) is 9.69 Å². The second-order valence-corrected chi connectivity index (χ2v) is 8.55. The Balaban J connectivity index is 1.13. The molecule has 3 heterocycles. The molecule has 0 bridgehead atoms. The van der Waals surface area contributed by atoms with Crippen molar-refractivity contribution < 1.29 is 14.3 Å². The van der Waals surface area contributed by atoms with E-state index in [2.05, 4.69) is 4.90 Å². The molecule has 7 heteroatoms. The molecule has 0 atom stereocenters. The van der Waals surface area contributed by atoms with Crippen LogP contribution in [-0.2, 0) is 24.2 Å². The molecule has 1 amide bonds. The molecule has 5 rings (SSSR count). The molecule has 6 nitrogen and oxygen atoms in total. The van der Waals surface area contributed by atoms with Crippen molar-refractivity contribution in [2.45, 2.75) is 25.8 Å². The summed E-state index contributed by atoms with van der Waals surface area (Å²) in [5, 5.41) is 1.23. The molecule has 1 aromatic carbocycles. The van der Waals surface area contributed by atoms with Gasteiger partial charge in [-0.05, 0) is 43.0 Å². The number of aromatic nitrogens is 1. The number of hydrogen-bond acceptors (Lipinski definition) is 6. The Bertz CT molecular complexity index is 894. The standard InChI is InChI=1S/C21H23N3O3S/c25-21(7-5-15-4-6-17-18(12-15)27-14-26-17)24-10-8-23(9-11-24)13-20-22-16-2-1-3-19(16)28-20/h4-7,12H,1-3,8-11,13-14H2/b7-5+. The molecule has 0 unspecified atom stereocenters. The van der Waals surface area contributed by atoms with Crippen LogP contribution in [0, 0.1) is 0 Å². The minimum atomic E-state index is 0.0607. The summed E-state index contributed by atoms with van der Waals surface area (Å²) < 4.78 is 10.7. The second kappa shape index (κ2) is 7.56. The maximum Gasteiger partial charge on any atom is 0.246 e. The van der Waals surface area contributed by atoms with E-state index < -0.39 is 0 Å². The molecular weight excluding hydrogens is 374 g/mol. The van der Waals surface area contributed by atoms with Crippen molar-refractivity contribution in [2.24, 2.45) is 0 Å². The SMILES string of the molecule is O=C(/C=C/c1ccc2c(c1)OCO2)N1CCN(Cc2nc3c(s2)CCC3)CC1. The summed E-state index contributed by atoms with van der Waals surface area (Å²) in [6.07, 6.45) is 7.09. The van der Waals surface area contributed by atoms with Gasteiger partial charge in [0.15, 0.2) is 11.5 Å². The van der Waals surface area contributed by atoms with Crippen molar-refractivity contribution in [1.82, 2.24) is 14.8 Å². The van der Waals surface area contributed by atoms with Gasteiger partial charge in [0.25, 0.3) is 0 Å². The Morgan fingerprint density at radius 1 is 1.14 bits per heavy atom. The lowest BCUT2D eigenvalue weighted by Gasteiger charge is -2.33. The monoisotopic (exact) mass is 397 g/mol. The maximum atomic E-state index is 12.5. The van der Waals surface area contributed by atoms with Gasteiger partial charge in [-0.2, -0.15) is 0 Å². The molecule has 2 aliphatic heterocycles. The molecule has 146 valence electrons. The number of fused-ring (bicyclic) bond motifs is 2. The van der Waals surface area contributed by atoms with E-state index in [4.69, 9.17) is 14.5 Å². The number of carbonyl (C=O) groups excluding carboxylic acids is 1. The quantitative estimate of drug-likeness (QED) is 0.743. The molecule has 3 aliphatic rings. The maximum absolute atomic E-state index is 12.5. The van der Waals surface area contributed by atoms with Crippen LogP contribution in [0.4, 0.5) is 0 Å². The van der Waals surface area contributed by atoms with Crippen LogP contribution in [0.2, 0.25) is 0 Å². The Labute approximate surface area is 168 Å². The zero-order valence-electron chi connectivity index (χ0n) is 15.7. The lowest BCUT2D eigenvalue weighted by Crippen LogP contribution is -2.47. The Morgan fingerprint density at radius 3 is 2.86 bits per heavy atom. The topological polar surface area (TPSA) is 54.9 Å². The largest absolute Gasteiger partial charge is 0.454 e. The van der Waals surface area contributed by atoms with E-state index in [9.17, 15) is 4.79 Å². The number of thiazole rings is 1. The minimum Gasteiger partial charge on any atom is -0.454 e. The fourth-order valence-electron chi connectivity index (χ4n) is 3.92. The normalized spacial score (nSPS) is 18.8. The van der Waals surface area contributed by atoms with Crippen molar-refractivity contribution in [3.63, 3.8) is 0 Å². The number of rotatable bonds is 4. The summed E-state index contributed by atoms with van der Waals surface area (Å²) in [5.74, 6) is 1.55. The Morgan fingerprint density at radius 2 is 2.00 bits per heavy atom. The van der Waals surface area contributed by atoms with Crippen molar-refractivity contribution >= 4 is 23.3 Å². The first-order chi connectivity index (χ1) is 13.7. The van der Waals surface area contributed by atoms with Crippen LogP contribution in [0.5, 0.6) is 11.5 Å². The van der Waals surface area contributed by atoms with Gasteiger partial charge >= 0.3 is 0 Å². The highest BCUT2D eigenvalue weighted by molar-refractivity contribution is 7.11. The Kier molecular flexibility index (Phi) is 4.78. The van der Waals surface area contributed by atoms with Crippen LogP contribution >= 0.6 is 11.3 Å². The van der Waals surface area contributed by atoms with Gasteiger partial charge in [0.05, 0.1) is 12.2 Å². The van der Waals surface area contributed by atoms with E-state index in [0.717, 1.165) is 56.2 Å². The first kappa shape index (κ1) is 17.7. The predicted molar refractivity (Wildman–Crippen MR) is 108 cm³/mol. The number of nitrogens with zero attached hydrogens (tertiary/aromatic N) is 3. The first-order valence-electron chi connectivity index (χ1n) is 9.81. The van der Waals surface area contributed by atoms with Crippen molar-refractivity contribution in [3.05, 3.63) is 45.4 Å². The van der Waals surface area contributed by atoms with Crippen LogP contribution < -0.4 is 9.47 Å². The highest BCUT2D eigenvalue weighted by Crippen LogP contribution is 2.33. The van der Waals surface area contributed by atoms with E-state index >= 15 is 0 Å². The van der Waals surface area contributed by atoms with E-state index in [-0.39, 0.29) is 12.7 Å². The smallest absolute Gasteiger partial charge is 0.246 e. The average molecular weight is 398 g/mol. The number of ether oxygens (including phenoxy) is 2. The molecular formula is C21H23N3O3S. The van der Waals surface area contributed by atoms with E-state index in [1.807, 2.05) is 40.5 Å². The van der Waals surface area contributed by atoms with Gasteiger partial charge in [0.1, 0.15) is 5.01 Å². The zero-order chi connectivity index (χ0) is 18.9. The lowest BCUT2D eigenvalue weighted by molar-refractivity contribution is -0.127. The van der Waals surface area contributed by atoms with Crippen LogP contribution in [0.25, 0.3) is 6.08 Å². The van der Waals surface area contributed by atoms with Gasteiger partial charge in [0.2, 0.25) is 12.7 Å². The molecule has 0 N–H and O–H groups in total. The summed E-state index contributed by atoms with van der Waals surface area (Å²) in [7, 11) is 0. The van der Waals surface area contributed by atoms with Gasteiger partial charge in [-0.1, -0.05) is 6.07 Å². The van der Waals surface area contributed by atoms with E-state index in [0.29, 0.717) is 0 Å². The number of benzene rings is 1. The molecule has 2 aromatic rings. The third-order valence-electron chi connectivity index (χ3n) is 5.50. The van der Waals surface area contributed by atoms with Gasteiger partial charge in [-0.15, -0.1) is 11.3 Å². The summed E-state index contributed by atoms with van der Waals surface area (Å²) in [4.78, 5) is 23.1. The third kappa shape index (κ3) is 3.64. The summed E-state index contributed by atoms with van der Waals surface area (Å²) in [6, 6.07) is 5.70. The molecule has 28 heavy (non-hydrogen) atoms. The van der Waals surface area contributed by atoms with Crippen LogP contribution in [0.1, 0.15) is 27.6 Å². The molecule has 1 aliphatic carbocycles. The second-order valence-electron chi connectivity index (χ2n) is 7.38. The number of carbonyl (C=O) groups is 1. The van der Waals surface area contributed by atoms with Crippen molar-refractivity contribution in [1.29, 1.82) is 0 Å². The number of piperazine rings is 1. The molecule has 1 aromatic heterocycles. The summed E-state index contributed by atoms with van der Waals surface area (Å²) in [6.45, 7) is 4.48. The Hall–Kier alpha value is -2.38. The van der Waals surface area contributed by atoms with E-state index in [1.165, 1.54) is 28.4 Å². The highest BCUT2D eigenvalue weighted by atomic mass is 32.1. The van der Waals surface area contributed by atoms with Crippen molar-refractivity contribution in [2.75, 3.05) is 33.0 Å². The van der Waals surface area contributed by atoms with Crippen molar-refractivity contribution in [3.8, 4) is 11.5 Å². The van der Waals surface area contributed by atoms with E-state index in [1.54, 1.807) is 6.08 Å². The van der Waals surface area contributed by atoms with Crippen LogP contribution in [0.15, 0.2) is 24.3 Å². The number of amides is 1. The van der Waals surface area contributed by atoms with Crippen LogP contribution in [0.3, 0.4) is 0 Å². The number of aryl methyl sites for hydroxylation is 2. The molecule has 1 fully saturated rings. The molecule has 0 radical (unpaired) electrons. The summed E-state index contributed by atoms with van der Waals surface area (Å²) in [5.41, 5.74) is 2.26. The minimum absolute atomic E-state index is 0.0607. The third-order valence-corrected chi connectivity index (χ3v) is 6.64. The fraction of sp³-hybridized carbons (Fsp3) is 0.429. The first-order valence-corrected chi connectivity index (χ1v) is 10.6. The fourth-order valence-corrected chi connectivity index (χ4v) is 5.12. The molecule has 0 saturated carbocycles. The molecule has 1 saturated heterocycles. The van der Waals surface area contributed by atoms with Gasteiger partial charge < -0.3 is 14.4 Å². The number of hydrogen-bond donors (Lipinski definition) is 0. The predicted octanol–water partition coefficient (Wildman–Crippen LogP) is 2.72. The zero-order valence-corrected chi connectivity index (χ0v) is 16.5. The van der Waals surface area contributed by atoms with Gasteiger partial charge in [-0.25, -0.2) is 4.98 Å². The average Bonchev–Trinajstić information content (AvgIpc) is 3.42.